The van der Waals surface area contributed by atoms with Gasteiger partial charge in [-0.2, -0.15) is 0 Å². The molecular weight excluding hydrogens is 288 g/mol. The maximum Gasteiger partial charge on any atom is 0.348 e. The van der Waals surface area contributed by atoms with E-state index in [9.17, 15) is 10.1 Å². The zero-order valence-corrected chi connectivity index (χ0v) is 12.1. The van der Waals surface area contributed by atoms with Crippen molar-refractivity contribution in [3.05, 3.63) is 21.1 Å². The van der Waals surface area contributed by atoms with Crippen LogP contribution >= 0.6 is 11.6 Å². The van der Waals surface area contributed by atoms with E-state index in [0.29, 0.717) is 26.2 Å². The maximum absolute atomic E-state index is 11.0. The maximum atomic E-state index is 11.0. The van der Waals surface area contributed by atoms with Gasteiger partial charge in [-0.3, -0.25) is 10.1 Å². The highest BCUT2D eigenvalue weighted by atomic mass is 35.5. The van der Waals surface area contributed by atoms with Gasteiger partial charge in [-0.1, -0.05) is 11.6 Å². The van der Waals surface area contributed by atoms with Crippen LogP contribution in [0.4, 0.5) is 11.5 Å². The molecule has 1 rings (SSSR count). The lowest BCUT2D eigenvalue weighted by Gasteiger charge is -2.08. The summed E-state index contributed by atoms with van der Waals surface area (Å²) in [7, 11) is 1.48. The van der Waals surface area contributed by atoms with Crippen LogP contribution in [0.25, 0.3) is 0 Å². The van der Waals surface area contributed by atoms with E-state index in [4.69, 9.17) is 21.1 Å². The van der Waals surface area contributed by atoms with E-state index in [-0.39, 0.29) is 29.1 Å². The van der Waals surface area contributed by atoms with Gasteiger partial charge in [0.25, 0.3) is 0 Å². The fourth-order valence-electron chi connectivity index (χ4n) is 1.48. The minimum absolute atomic E-state index is 0.0959. The van der Waals surface area contributed by atoms with Crippen molar-refractivity contribution in [2.45, 2.75) is 20.0 Å². The van der Waals surface area contributed by atoms with E-state index < -0.39 is 4.92 Å². The second kappa shape index (κ2) is 8.62. The molecular formula is C11H17ClN4O4. The van der Waals surface area contributed by atoms with Crippen molar-refractivity contribution in [3.8, 4) is 0 Å². The number of aromatic nitrogens is 2. The van der Waals surface area contributed by atoms with Gasteiger partial charge in [0, 0.05) is 26.9 Å². The van der Waals surface area contributed by atoms with Crippen molar-refractivity contribution in [2.75, 3.05) is 32.2 Å². The molecule has 1 heterocycles. The summed E-state index contributed by atoms with van der Waals surface area (Å²) < 4.78 is 10.1. The second-order valence-corrected chi connectivity index (χ2v) is 4.15. The lowest BCUT2D eigenvalue weighted by atomic mass is 10.4. The zero-order chi connectivity index (χ0) is 15.0. The molecule has 0 saturated heterocycles. The lowest BCUT2D eigenvalue weighted by molar-refractivity contribution is -0.384. The zero-order valence-electron chi connectivity index (χ0n) is 11.4. The van der Waals surface area contributed by atoms with Crippen LogP contribution in [0, 0.1) is 10.1 Å². The summed E-state index contributed by atoms with van der Waals surface area (Å²) >= 11 is 5.81. The van der Waals surface area contributed by atoms with Gasteiger partial charge >= 0.3 is 5.69 Å². The Balaban J connectivity index is 2.81. The van der Waals surface area contributed by atoms with Crippen LogP contribution in [0.2, 0.25) is 5.15 Å². The van der Waals surface area contributed by atoms with Crippen LogP contribution in [0.1, 0.15) is 19.2 Å². The molecule has 0 radical (unpaired) electrons. The van der Waals surface area contributed by atoms with Crippen molar-refractivity contribution in [1.82, 2.24) is 9.97 Å². The van der Waals surface area contributed by atoms with E-state index in [1.807, 2.05) is 6.92 Å². The summed E-state index contributed by atoms with van der Waals surface area (Å²) in [5.74, 6) is 0.383. The van der Waals surface area contributed by atoms with Gasteiger partial charge in [0.2, 0.25) is 11.0 Å². The number of ether oxygens (including phenoxy) is 2. The molecule has 112 valence electrons. The predicted molar refractivity (Wildman–Crippen MR) is 74.0 cm³/mol. The highest BCUT2D eigenvalue weighted by Gasteiger charge is 2.23. The Kier molecular flexibility index (Phi) is 7.13. The molecule has 8 nitrogen and oxygen atoms in total. The molecule has 0 amide bonds. The summed E-state index contributed by atoms with van der Waals surface area (Å²) in [6.07, 6.45) is 0.701. The van der Waals surface area contributed by atoms with Gasteiger partial charge in [0.1, 0.15) is 6.61 Å². The van der Waals surface area contributed by atoms with Crippen molar-refractivity contribution in [1.29, 1.82) is 0 Å². The number of rotatable bonds is 9. The normalized spacial score (nSPS) is 10.6. The van der Waals surface area contributed by atoms with Gasteiger partial charge in [-0.15, -0.1) is 0 Å². The van der Waals surface area contributed by atoms with E-state index in [2.05, 4.69) is 15.3 Å². The Morgan fingerprint density at radius 3 is 2.80 bits per heavy atom. The number of methoxy groups -OCH3 is 1. The minimum Gasteiger partial charge on any atom is -0.382 e. The topological polar surface area (TPSA) is 99.4 Å². The molecule has 1 aromatic heterocycles. The Morgan fingerprint density at radius 1 is 1.45 bits per heavy atom. The van der Waals surface area contributed by atoms with Gasteiger partial charge in [0.05, 0.1) is 4.92 Å². The van der Waals surface area contributed by atoms with Crippen molar-refractivity contribution >= 4 is 23.1 Å². The largest absolute Gasteiger partial charge is 0.382 e. The Hall–Kier alpha value is -1.51. The van der Waals surface area contributed by atoms with Gasteiger partial charge in [-0.05, 0) is 13.3 Å². The quantitative estimate of drug-likeness (QED) is 0.322. The third-order valence-electron chi connectivity index (χ3n) is 2.31. The number of nitrogens with one attached hydrogen (secondary N) is 1. The molecule has 1 aromatic rings. The van der Waals surface area contributed by atoms with Crippen molar-refractivity contribution in [2.24, 2.45) is 0 Å². The predicted octanol–water partition coefficient (Wildman–Crippen LogP) is 2.02. The Morgan fingerprint density at radius 2 is 2.20 bits per heavy atom. The van der Waals surface area contributed by atoms with E-state index in [1.54, 1.807) is 0 Å². The number of halogens is 1. The third-order valence-corrected chi connectivity index (χ3v) is 2.57. The van der Waals surface area contributed by atoms with Crippen LogP contribution < -0.4 is 5.32 Å². The van der Waals surface area contributed by atoms with Crippen molar-refractivity contribution in [3.63, 3.8) is 0 Å². The van der Waals surface area contributed by atoms with Gasteiger partial charge in [-0.25, -0.2) is 9.97 Å². The molecule has 0 unspecified atom stereocenters. The number of anilines is 1. The SMILES string of the molecule is CCOCCCNc1nc(COC)nc(Cl)c1[N+](=O)[O-]. The number of hydrogen-bond donors (Lipinski definition) is 1. The molecule has 0 fully saturated rings. The summed E-state index contributed by atoms with van der Waals surface area (Å²) in [5.41, 5.74) is -0.331. The molecule has 0 aliphatic rings. The van der Waals surface area contributed by atoms with Gasteiger partial charge < -0.3 is 14.8 Å². The molecule has 0 spiro atoms. The fraction of sp³-hybridized carbons (Fsp3) is 0.636. The number of hydrogen-bond acceptors (Lipinski definition) is 7. The summed E-state index contributed by atoms with van der Waals surface area (Å²) in [6, 6.07) is 0. The van der Waals surface area contributed by atoms with E-state index in [1.165, 1.54) is 7.11 Å². The highest BCUT2D eigenvalue weighted by Crippen LogP contribution is 2.29. The number of nitro groups is 1. The average Bonchev–Trinajstić information content (AvgIpc) is 2.38. The molecule has 1 N–H and O–H groups in total. The molecule has 0 saturated carbocycles. The lowest BCUT2D eigenvalue weighted by Crippen LogP contribution is -2.11. The van der Waals surface area contributed by atoms with Crippen molar-refractivity contribution < 1.29 is 14.4 Å². The van der Waals surface area contributed by atoms with Crippen LogP contribution in [-0.2, 0) is 16.1 Å². The Bertz CT molecular complexity index is 458. The summed E-state index contributed by atoms with van der Waals surface area (Å²) in [4.78, 5) is 18.3. The second-order valence-electron chi connectivity index (χ2n) is 3.80. The molecule has 0 aromatic carbocycles. The van der Waals surface area contributed by atoms with Crippen LogP contribution in [0.5, 0.6) is 0 Å². The average molecular weight is 305 g/mol. The minimum atomic E-state index is -0.607. The van der Waals surface area contributed by atoms with Crippen LogP contribution in [-0.4, -0.2) is 41.8 Å². The molecule has 0 bridgehead atoms. The summed E-state index contributed by atoms with van der Waals surface area (Å²) in [5, 5.41) is 13.7. The third kappa shape index (κ3) is 4.87. The van der Waals surface area contributed by atoms with E-state index in [0.717, 1.165) is 0 Å². The molecule has 0 aliphatic heterocycles. The Labute approximate surface area is 121 Å². The first-order valence-electron chi connectivity index (χ1n) is 6.11. The fourth-order valence-corrected chi connectivity index (χ4v) is 1.73. The first kappa shape index (κ1) is 16.5. The molecule has 0 atom stereocenters. The van der Waals surface area contributed by atoms with Gasteiger partial charge in [0.15, 0.2) is 5.82 Å². The molecule has 20 heavy (non-hydrogen) atoms. The first-order chi connectivity index (χ1) is 9.60. The summed E-state index contributed by atoms with van der Waals surface area (Å²) in [6.45, 7) is 3.73. The molecule has 0 aliphatic carbocycles. The van der Waals surface area contributed by atoms with Crippen LogP contribution in [0.3, 0.4) is 0 Å². The number of nitrogens with zero attached hydrogens (tertiary/aromatic N) is 3. The van der Waals surface area contributed by atoms with E-state index >= 15 is 0 Å². The highest BCUT2D eigenvalue weighted by molar-refractivity contribution is 6.31. The van der Waals surface area contributed by atoms with Crippen LogP contribution in [0.15, 0.2) is 0 Å². The monoisotopic (exact) mass is 304 g/mol. The first-order valence-corrected chi connectivity index (χ1v) is 6.49. The smallest absolute Gasteiger partial charge is 0.348 e. The molecule has 9 heteroatoms. The standard InChI is InChI=1S/C11H17ClN4O4/c1-3-20-6-4-5-13-11-9(16(17)18)10(12)14-8(15-11)7-19-2/h3-7H2,1-2H3,(H,13,14,15).